The highest BCUT2D eigenvalue weighted by atomic mass is 16.5. The number of urea groups is 1. The summed E-state index contributed by atoms with van der Waals surface area (Å²) in [6.45, 7) is 4.70. The van der Waals surface area contributed by atoms with Gasteiger partial charge in [0.15, 0.2) is 0 Å². The predicted molar refractivity (Wildman–Crippen MR) is 181 cm³/mol. The number of benzene rings is 3. The first-order valence-electron chi connectivity index (χ1n) is 17.0. The lowest BCUT2D eigenvalue weighted by Gasteiger charge is -2.32. The maximum Gasteiger partial charge on any atom is 0.338 e. The minimum absolute atomic E-state index is 0.0660. The number of phenols is 1. The number of aromatic hydroxyl groups is 1. The number of anilines is 1. The topological polar surface area (TPSA) is 120 Å². The van der Waals surface area contributed by atoms with Gasteiger partial charge in [0.25, 0.3) is 0 Å². The van der Waals surface area contributed by atoms with E-state index >= 15 is 0 Å². The largest absolute Gasteiger partial charge is 0.508 e. The zero-order valence-electron chi connectivity index (χ0n) is 27.3. The van der Waals surface area contributed by atoms with Crippen molar-refractivity contribution in [1.29, 1.82) is 0 Å². The van der Waals surface area contributed by atoms with E-state index < -0.39 is 18.0 Å². The Morgan fingerprint density at radius 1 is 0.851 bits per heavy atom. The summed E-state index contributed by atoms with van der Waals surface area (Å²) in [5.74, 6) is 0.136. The van der Waals surface area contributed by atoms with Gasteiger partial charge in [-0.15, -0.1) is 0 Å². The van der Waals surface area contributed by atoms with Crippen molar-refractivity contribution in [2.45, 2.75) is 95.5 Å². The Kier molecular flexibility index (Phi) is 10.1. The fourth-order valence-corrected chi connectivity index (χ4v) is 7.57. The van der Waals surface area contributed by atoms with Crippen LogP contribution in [0.1, 0.15) is 97.9 Å². The van der Waals surface area contributed by atoms with Gasteiger partial charge in [-0.25, -0.2) is 9.59 Å². The summed E-state index contributed by atoms with van der Waals surface area (Å²) in [4.78, 5) is 41.5. The van der Waals surface area contributed by atoms with Gasteiger partial charge in [0.1, 0.15) is 11.8 Å². The Morgan fingerprint density at radius 3 is 2.11 bits per heavy atom. The molecule has 3 atom stereocenters. The van der Waals surface area contributed by atoms with E-state index in [1.165, 1.54) is 30.4 Å². The fourth-order valence-electron chi connectivity index (χ4n) is 7.57. The van der Waals surface area contributed by atoms with Crippen LogP contribution in [0.3, 0.4) is 0 Å². The molecular weight excluding hydrogens is 592 g/mol. The minimum atomic E-state index is -0.815. The summed E-state index contributed by atoms with van der Waals surface area (Å²) in [6.07, 6.45) is 7.77. The van der Waals surface area contributed by atoms with Gasteiger partial charge in [0.2, 0.25) is 5.91 Å². The van der Waals surface area contributed by atoms with Gasteiger partial charge in [-0.2, -0.15) is 0 Å². The van der Waals surface area contributed by atoms with Crippen molar-refractivity contribution >= 4 is 23.6 Å². The third-order valence-corrected chi connectivity index (χ3v) is 9.94. The molecule has 9 nitrogen and oxygen atoms in total. The number of rotatable bonds is 11. The lowest BCUT2D eigenvalue weighted by Crippen LogP contribution is -2.52. The van der Waals surface area contributed by atoms with Crippen LogP contribution in [0.2, 0.25) is 0 Å². The number of hydrogen-bond acceptors (Lipinski definition) is 6. The van der Waals surface area contributed by atoms with Gasteiger partial charge < -0.3 is 25.8 Å². The molecule has 0 spiro atoms. The van der Waals surface area contributed by atoms with Crippen molar-refractivity contribution in [3.05, 3.63) is 95.1 Å². The van der Waals surface area contributed by atoms with Gasteiger partial charge >= 0.3 is 12.0 Å². The van der Waals surface area contributed by atoms with E-state index in [2.05, 4.69) is 45.1 Å². The molecule has 1 saturated carbocycles. The smallest absolute Gasteiger partial charge is 0.338 e. The van der Waals surface area contributed by atoms with Crippen LogP contribution in [-0.4, -0.2) is 52.6 Å². The standard InChI is InChI=1S/C38H46N4O5/c1-24(2)47-37(45)27-11-15-29(16-12-27)40-38(46)41-33(23-26-9-17-30(43)18-10-26)36(44)39-28-13-7-25(8-14-28)21-22-42-34-19-20-35(42)32-6-4-3-5-31(32)34/h3-6,9-12,15-18,24-25,28,33-35,43H,7-8,13-14,19-23H2,1-2H3,(H,39,44)(H2,40,41,46)/t25?,28?,33-,34-,35+/m0/s1. The molecule has 0 radical (unpaired) electrons. The molecule has 47 heavy (non-hydrogen) atoms. The number of nitrogens with zero attached hydrogens (tertiary/aromatic N) is 1. The van der Waals surface area contributed by atoms with Crippen molar-refractivity contribution in [2.24, 2.45) is 5.92 Å². The number of esters is 1. The van der Waals surface area contributed by atoms with Crippen molar-refractivity contribution < 1.29 is 24.2 Å². The molecule has 3 aromatic rings. The van der Waals surface area contributed by atoms with Crippen LogP contribution in [0.15, 0.2) is 72.8 Å². The lowest BCUT2D eigenvalue weighted by molar-refractivity contribution is -0.123. The molecule has 9 heteroatoms. The van der Waals surface area contributed by atoms with E-state index in [0.29, 0.717) is 29.3 Å². The predicted octanol–water partition coefficient (Wildman–Crippen LogP) is 6.65. The molecular formula is C38H46N4O5. The number of phenolic OH excluding ortho intramolecular Hbond substituents is 1. The van der Waals surface area contributed by atoms with Crippen LogP contribution >= 0.6 is 0 Å². The van der Waals surface area contributed by atoms with E-state index in [1.54, 1.807) is 62.4 Å². The molecule has 0 aromatic heterocycles. The van der Waals surface area contributed by atoms with Crippen molar-refractivity contribution in [3.63, 3.8) is 0 Å². The first kappa shape index (κ1) is 32.6. The second-order valence-electron chi connectivity index (χ2n) is 13.5. The summed E-state index contributed by atoms with van der Waals surface area (Å²) in [7, 11) is 0. The Hall–Kier alpha value is -4.37. The number of carbonyl (C=O) groups excluding carboxylic acids is 3. The number of nitrogens with one attached hydrogen (secondary N) is 3. The van der Waals surface area contributed by atoms with Crippen molar-refractivity contribution in [3.8, 4) is 5.75 Å². The summed E-state index contributed by atoms with van der Waals surface area (Å²) >= 11 is 0. The molecule has 2 aliphatic heterocycles. The molecule has 2 heterocycles. The summed E-state index contributed by atoms with van der Waals surface area (Å²) in [6, 6.07) is 21.9. The lowest BCUT2D eigenvalue weighted by atomic mass is 9.84. The number of ether oxygens (including phenoxy) is 1. The summed E-state index contributed by atoms with van der Waals surface area (Å²) in [5, 5.41) is 18.5. The first-order valence-corrected chi connectivity index (χ1v) is 17.0. The van der Waals surface area contributed by atoms with Crippen molar-refractivity contribution in [1.82, 2.24) is 15.5 Å². The van der Waals surface area contributed by atoms with Gasteiger partial charge in [0.05, 0.1) is 11.7 Å². The number of fused-ring (bicyclic) bond motifs is 5. The summed E-state index contributed by atoms with van der Waals surface area (Å²) < 4.78 is 5.22. The van der Waals surface area contributed by atoms with Crippen LogP contribution < -0.4 is 16.0 Å². The van der Waals surface area contributed by atoms with E-state index in [9.17, 15) is 19.5 Å². The van der Waals surface area contributed by atoms with Gasteiger partial charge in [-0.05, 0) is 124 Å². The van der Waals surface area contributed by atoms with Crippen LogP contribution in [0.25, 0.3) is 0 Å². The third kappa shape index (κ3) is 7.96. The molecule has 6 rings (SSSR count). The highest BCUT2D eigenvalue weighted by Gasteiger charge is 2.43. The number of hydrogen-bond donors (Lipinski definition) is 4. The molecule has 1 saturated heterocycles. The second-order valence-corrected chi connectivity index (χ2v) is 13.5. The van der Waals surface area contributed by atoms with Gasteiger partial charge in [-0.1, -0.05) is 36.4 Å². The zero-order valence-corrected chi connectivity index (χ0v) is 27.3. The highest BCUT2D eigenvalue weighted by molar-refractivity contribution is 5.95. The molecule has 3 aromatic carbocycles. The van der Waals surface area contributed by atoms with Gasteiger partial charge in [-0.3, -0.25) is 9.69 Å². The van der Waals surface area contributed by atoms with E-state index in [0.717, 1.165) is 37.8 Å². The van der Waals surface area contributed by atoms with E-state index in [1.807, 2.05) is 0 Å². The minimum Gasteiger partial charge on any atom is -0.508 e. The Morgan fingerprint density at radius 2 is 1.49 bits per heavy atom. The highest BCUT2D eigenvalue weighted by Crippen LogP contribution is 2.53. The van der Waals surface area contributed by atoms with Crippen LogP contribution in [-0.2, 0) is 16.0 Å². The second kappa shape index (κ2) is 14.6. The number of carbonyl (C=O) groups is 3. The Balaban J connectivity index is 1.01. The maximum atomic E-state index is 13.6. The normalized spacial score (nSPS) is 22.4. The molecule has 2 fully saturated rings. The maximum absolute atomic E-state index is 13.6. The van der Waals surface area contributed by atoms with Gasteiger partial charge in [0, 0.05) is 30.2 Å². The molecule has 2 bridgehead atoms. The molecule has 4 N–H and O–H groups in total. The third-order valence-electron chi connectivity index (χ3n) is 9.94. The molecule has 0 unspecified atom stereocenters. The molecule has 248 valence electrons. The monoisotopic (exact) mass is 638 g/mol. The van der Waals surface area contributed by atoms with E-state index in [-0.39, 0.29) is 30.2 Å². The first-order chi connectivity index (χ1) is 22.7. The Labute approximate surface area is 277 Å². The average Bonchev–Trinajstić information content (AvgIpc) is 3.61. The quantitative estimate of drug-likeness (QED) is 0.175. The van der Waals surface area contributed by atoms with Crippen LogP contribution in [0, 0.1) is 5.92 Å². The SMILES string of the molecule is CC(C)OC(=O)c1ccc(NC(=O)N[C@@H](Cc2ccc(O)cc2)C(=O)NC2CCC(CCN3[C@@H]4CC[C@H]3c3ccccc34)CC2)cc1. The molecule has 3 aliphatic rings. The van der Waals surface area contributed by atoms with Crippen LogP contribution in [0.4, 0.5) is 10.5 Å². The summed E-state index contributed by atoms with van der Waals surface area (Å²) in [5.41, 5.74) is 4.74. The molecule has 3 amide bonds. The van der Waals surface area contributed by atoms with E-state index in [4.69, 9.17) is 4.74 Å². The van der Waals surface area contributed by atoms with Crippen LogP contribution in [0.5, 0.6) is 5.75 Å². The zero-order chi connectivity index (χ0) is 32.9. The Bertz CT molecular complexity index is 1520. The van der Waals surface area contributed by atoms with Crippen molar-refractivity contribution in [2.75, 3.05) is 11.9 Å². The number of amides is 3. The fraction of sp³-hybridized carbons (Fsp3) is 0.447. The average molecular weight is 639 g/mol. The molecule has 1 aliphatic carbocycles.